The molecule has 1 heterocycles. The van der Waals surface area contributed by atoms with Crippen molar-refractivity contribution < 1.29 is 9.53 Å². The standard InChI is InChI=1S/C12H13ClN2O2/c13-7-17-11-3-1-2-10-12(11)9(6-15-10)4-5-14-8-16/h1-3,6,8,15H,4-5,7H2,(H,14,16). The maximum absolute atomic E-state index is 10.2. The first kappa shape index (κ1) is 11.8. The van der Waals surface area contributed by atoms with Gasteiger partial charge in [0.15, 0.2) is 6.07 Å². The quantitative estimate of drug-likeness (QED) is 0.470. The van der Waals surface area contributed by atoms with E-state index in [9.17, 15) is 4.79 Å². The number of ether oxygens (including phenoxy) is 1. The summed E-state index contributed by atoms with van der Waals surface area (Å²) in [5, 5.41) is 3.67. The Labute approximate surface area is 104 Å². The Bertz CT molecular complexity index is 510. The molecule has 0 fully saturated rings. The molecule has 1 aromatic heterocycles. The molecule has 90 valence electrons. The van der Waals surface area contributed by atoms with E-state index in [0.29, 0.717) is 13.0 Å². The monoisotopic (exact) mass is 252 g/mol. The topological polar surface area (TPSA) is 54.1 Å². The normalized spacial score (nSPS) is 10.4. The molecule has 0 atom stereocenters. The molecular formula is C12H13ClN2O2. The van der Waals surface area contributed by atoms with E-state index in [0.717, 1.165) is 28.6 Å². The average Bonchev–Trinajstić information content (AvgIpc) is 2.75. The highest BCUT2D eigenvalue weighted by atomic mass is 35.5. The summed E-state index contributed by atoms with van der Waals surface area (Å²) in [5.41, 5.74) is 2.11. The molecule has 4 nitrogen and oxygen atoms in total. The molecule has 0 bridgehead atoms. The van der Waals surface area contributed by atoms with Gasteiger partial charge in [-0.15, -0.1) is 0 Å². The van der Waals surface area contributed by atoms with Crippen LogP contribution in [-0.4, -0.2) is 24.0 Å². The lowest BCUT2D eigenvalue weighted by Crippen LogP contribution is -2.14. The average molecular weight is 253 g/mol. The van der Waals surface area contributed by atoms with Crippen LogP contribution >= 0.6 is 11.6 Å². The van der Waals surface area contributed by atoms with Crippen molar-refractivity contribution in [3.8, 4) is 5.75 Å². The maximum Gasteiger partial charge on any atom is 0.207 e. The van der Waals surface area contributed by atoms with Crippen LogP contribution in [0.5, 0.6) is 5.75 Å². The molecule has 1 amide bonds. The Hall–Kier alpha value is -1.68. The third-order valence-corrected chi connectivity index (χ3v) is 2.69. The minimum absolute atomic E-state index is 0.121. The van der Waals surface area contributed by atoms with Gasteiger partial charge in [-0.05, 0) is 24.1 Å². The largest absolute Gasteiger partial charge is 0.477 e. The molecule has 0 aliphatic carbocycles. The van der Waals surface area contributed by atoms with Gasteiger partial charge < -0.3 is 15.0 Å². The molecule has 2 N–H and O–H groups in total. The van der Waals surface area contributed by atoms with Gasteiger partial charge in [-0.2, -0.15) is 0 Å². The second kappa shape index (κ2) is 5.59. The molecule has 0 unspecified atom stereocenters. The Kier molecular flexibility index (Phi) is 3.88. The van der Waals surface area contributed by atoms with Crippen LogP contribution < -0.4 is 10.1 Å². The number of hydrogen-bond donors (Lipinski definition) is 2. The van der Waals surface area contributed by atoms with Crippen molar-refractivity contribution in [1.82, 2.24) is 10.3 Å². The van der Waals surface area contributed by atoms with E-state index in [1.807, 2.05) is 24.4 Å². The van der Waals surface area contributed by atoms with Crippen molar-refractivity contribution >= 4 is 28.9 Å². The number of nitrogens with one attached hydrogen (secondary N) is 2. The van der Waals surface area contributed by atoms with E-state index in [1.54, 1.807) is 0 Å². The van der Waals surface area contributed by atoms with Crippen LogP contribution in [0.15, 0.2) is 24.4 Å². The number of aromatic nitrogens is 1. The molecule has 0 aliphatic rings. The van der Waals surface area contributed by atoms with E-state index in [1.165, 1.54) is 0 Å². The van der Waals surface area contributed by atoms with Crippen molar-refractivity contribution in [2.75, 3.05) is 12.6 Å². The fourth-order valence-corrected chi connectivity index (χ4v) is 1.98. The second-order valence-electron chi connectivity index (χ2n) is 3.57. The van der Waals surface area contributed by atoms with Gasteiger partial charge in [0.05, 0.1) is 0 Å². The molecule has 1 aromatic carbocycles. The predicted molar refractivity (Wildman–Crippen MR) is 67.4 cm³/mol. The Morgan fingerprint density at radius 1 is 1.47 bits per heavy atom. The molecule has 5 heteroatoms. The number of rotatable bonds is 6. The summed E-state index contributed by atoms with van der Waals surface area (Å²) in [7, 11) is 0. The second-order valence-corrected chi connectivity index (χ2v) is 3.79. The highest BCUT2D eigenvalue weighted by molar-refractivity contribution is 6.17. The van der Waals surface area contributed by atoms with Gasteiger partial charge in [-0.3, -0.25) is 4.79 Å². The van der Waals surface area contributed by atoms with E-state index in [4.69, 9.17) is 16.3 Å². The summed E-state index contributed by atoms with van der Waals surface area (Å²) in [6, 6.07) is 5.90. The van der Waals surface area contributed by atoms with Crippen LogP contribution in [0.25, 0.3) is 10.9 Å². The summed E-state index contributed by atoms with van der Waals surface area (Å²) in [5.74, 6) is 0.764. The van der Waals surface area contributed by atoms with Gasteiger partial charge >= 0.3 is 0 Å². The molecule has 2 aromatic rings. The van der Waals surface area contributed by atoms with Gasteiger partial charge in [-0.1, -0.05) is 17.7 Å². The zero-order valence-corrected chi connectivity index (χ0v) is 9.96. The molecule has 0 saturated carbocycles. The predicted octanol–water partition coefficient (Wildman–Crippen LogP) is 2.03. The molecule has 0 radical (unpaired) electrons. The minimum atomic E-state index is 0.121. The zero-order chi connectivity index (χ0) is 12.1. The van der Waals surface area contributed by atoms with E-state index in [-0.39, 0.29) is 6.07 Å². The Morgan fingerprint density at radius 2 is 2.35 bits per heavy atom. The highest BCUT2D eigenvalue weighted by Gasteiger charge is 2.08. The van der Waals surface area contributed by atoms with Gasteiger partial charge in [-0.25, -0.2) is 0 Å². The first-order chi connectivity index (χ1) is 8.36. The third-order valence-electron chi connectivity index (χ3n) is 2.58. The van der Waals surface area contributed by atoms with Crippen LogP contribution in [0.3, 0.4) is 0 Å². The van der Waals surface area contributed by atoms with Gasteiger partial charge in [0.2, 0.25) is 6.41 Å². The fraction of sp³-hybridized carbons (Fsp3) is 0.250. The molecule has 17 heavy (non-hydrogen) atoms. The lowest BCUT2D eigenvalue weighted by Gasteiger charge is -2.05. The summed E-state index contributed by atoms with van der Waals surface area (Å²) in [6.07, 6.45) is 3.38. The number of benzene rings is 1. The Morgan fingerprint density at radius 3 is 3.12 bits per heavy atom. The third kappa shape index (κ3) is 2.53. The maximum atomic E-state index is 10.2. The molecular weight excluding hydrogens is 240 g/mol. The van der Waals surface area contributed by atoms with Gasteiger partial charge in [0.1, 0.15) is 5.75 Å². The van der Waals surface area contributed by atoms with Crippen LogP contribution in [0, 0.1) is 0 Å². The lowest BCUT2D eigenvalue weighted by atomic mass is 10.1. The van der Waals surface area contributed by atoms with Crippen molar-refractivity contribution in [2.45, 2.75) is 6.42 Å². The summed E-state index contributed by atoms with van der Waals surface area (Å²) in [6.45, 7) is 0.603. The molecule has 2 rings (SSSR count). The van der Waals surface area contributed by atoms with Gasteiger partial charge in [0, 0.05) is 23.6 Å². The number of hydrogen-bond acceptors (Lipinski definition) is 2. The molecule has 0 spiro atoms. The van der Waals surface area contributed by atoms with Crippen molar-refractivity contribution in [2.24, 2.45) is 0 Å². The fourth-order valence-electron chi connectivity index (χ4n) is 1.86. The smallest absolute Gasteiger partial charge is 0.207 e. The minimum Gasteiger partial charge on any atom is -0.477 e. The number of carbonyl (C=O) groups excluding carboxylic acids is 1. The Balaban J connectivity index is 2.31. The number of halogens is 1. The van der Waals surface area contributed by atoms with Crippen LogP contribution in [0.2, 0.25) is 0 Å². The van der Waals surface area contributed by atoms with Crippen molar-refractivity contribution in [1.29, 1.82) is 0 Å². The highest BCUT2D eigenvalue weighted by Crippen LogP contribution is 2.29. The number of fused-ring (bicyclic) bond motifs is 1. The van der Waals surface area contributed by atoms with E-state index in [2.05, 4.69) is 10.3 Å². The summed E-state index contributed by atoms with van der Waals surface area (Å²) >= 11 is 5.59. The summed E-state index contributed by atoms with van der Waals surface area (Å²) in [4.78, 5) is 13.4. The molecule has 0 saturated heterocycles. The lowest BCUT2D eigenvalue weighted by molar-refractivity contribution is -0.109. The number of H-pyrrole nitrogens is 1. The number of carbonyl (C=O) groups is 1. The van der Waals surface area contributed by atoms with Gasteiger partial charge in [0.25, 0.3) is 0 Å². The van der Waals surface area contributed by atoms with Crippen molar-refractivity contribution in [3.63, 3.8) is 0 Å². The number of amides is 1. The molecule has 0 aliphatic heterocycles. The first-order valence-electron chi connectivity index (χ1n) is 5.31. The summed E-state index contributed by atoms with van der Waals surface area (Å²) < 4.78 is 5.38. The number of aromatic amines is 1. The van der Waals surface area contributed by atoms with Crippen LogP contribution in [0.4, 0.5) is 0 Å². The zero-order valence-electron chi connectivity index (χ0n) is 9.20. The van der Waals surface area contributed by atoms with E-state index >= 15 is 0 Å². The van der Waals surface area contributed by atoms with Crippen molar-refractivity contribution in [3.05, 3.63) is 30.0 Å². The number of alkyl halides is 1. The van der Waals surface area contributed by atoms with Crippen LogP contribution in [0.1, 0.15) is 5.56 Å². The van der Waals surface area contributed by atoms with E-state index < -0.39 is 0 Å². The van der Waals surface area contributed by atoms with Crippen LogP contribution in [-0.2, 0) is 11.2 Å². The SMILES string of the molecule is O=CNCCc1c[nH]c2cccc(OCCl)c12. The first-order valence-corrected chi connectivity index (χ1v) is 5.85.